The number of piperidine rings is 1. The Hall–Kier alpha value is -3.15. The van der Waals surface area contributed by atoms with E-state index in [1.54, 1.807) is 30.6 Å². The molecule has 6 heteroatoms. The largest absolute Gasteiger partial charge is 0.508 e. The van der Waals surface area contributed by atoms with Gasteiger partial charge in [0.05, 0.1) is 10.3 Å². The van der Waals surface area contributed by atoms with Gasteiger partial charge < -0.3 is 10.0 Å². The van der Waals surface area contributed by atoms with Gasteiger partial charge in [-0.3, -0.25) is 15.1 Å². The monoisotopic (exact) mass is 349 g/mol. The molecule has 0 unspecified atom stereocenters. The van der Waals surface area contributed by atoms with Crippen LogP contribution in [0.15, 0.2) is 54.9 Å². The van der Waals surface area contributed by atoms with Crippen LogP contribution in [0.1, 0.15) is 24.3 Å². The van der Waals surface area contributed by atoms with Crippen molar-refractivity contribution >= 4 is 22.1 Å². The molecule has 0 radical (unpaired) electrons. The Balaban J connectivity index is 1.59. The van der Waals surface area contributed by atoms with Gasteiger partial charge in [-0.1, -0.05) is 12.1 Å². The van der Waals surface area contributed by atoms with Crippen molar-refractivity contribution in [1.29, 1.82) is 0 Å². The number of nitrogens with zero attached hydrogens (tertiary/aromatic N) is 3. The Morgan fingerprint density at radius 3 is 2.46 bits per heavy atom. The number of aromatic nitrogens is 1. The molecule has 2 aromatic carbocycles. The molecule has 1 aliphatic rings. The lowest BCUT2D eigenvalue weighted by Crippen LogP contribution is -2.33. The standard InChI is InChI=1S/C20H19N3O3/c24-16-3-1-14(2-4-16)15-8-11-22(12-9-15)19-5-6-20(23(25)26)18-13-21-10-7-17(18)19/h1-7,10,13,15,24H,8-9,11-12H2. The number of phenols is 1. The van der Waals surface area contributed by atoms with E-state index in [0.717, 1.165) is 37.0 Å². The number of pyridine rings is 1. The minimum Gasteiger partial charge on any atom is -0.508 e. The number of non-ortho nitro benzene ring substituents is 1. The summed E-state index contributed by atoms with van der Waals surface area (Å²) in [5.74, 6) is 0.759. The predicted octanol–water partition coefficient (Wildman–Crippen LogP) is 4.23. The lowest BCUT2D eigenvalue weighted by Gasteiger charge is -2.34. The molecule has 0 spiro atoms. The Labute approximate surface area is 150 Å². The van der Waals surface area contributed by atoms with E-state index in [9.17, 15) is 15.2 Å². The number of hydrogen-bond acceptors (Lipinski definition) is 5. The zero-order chi connectivity index (χ0) is 18.1. The highest BCUT2D eigenvalue weighted by atomic mass is 16.6. The summed E-state index contributed by atoms with van der Waals surface area (Å²) in [6.45, 7) is 1.78. The SMILES string of the molecule is O=[N+]([O-])c1ccc(N2CCC(c3ccc(O)cc3)CC2)c2ccncc12. The molecule has 1 fully saturated rings. The molecule has 0 atom stereocenters. The van der Waals surface area contributed by atoms with E-state index in [2.05, 4.69) is 9.88 Å². The van der Waals surface area contributed by atoms with Gasteiger partial charge in [0, 0.05) is 42.6 Å². The highest BCUT2D eigenvalue weighted by Gasteiger charge is 2.23. The summed E-state index contributed by atoms with van der Waals surface area (Å²) in [5.41, 5.74) is 2.37. The Morgan fingerprint density at radius 1 is 1.04 bits per heavy atom. The lowest BCUT2D eigenvalue weighted by molar-refractivity contribution is -0.383. The van der Waals surface area contributed by atoms with Crippen molar-refractivity contribution in [3.05, 3.63) is 70.5 Å². The number of benzene rings is 2. The predicted molar refractivity (Wildman–Crippen MR) is 101 cm³/mol. The maximum absolute atomic E-state index is 11.3. The molecule has 6 nitrogen and oxygen atoms in total. The van der Waals surface area contributed by atoms with E-state index < -0.39 is 0 Å². The van der Waals surface area contributed by atoms with Crippen LogP contribution in [0.25, 0.3) is 10.8 Å². The van der Waals surface area contributed by atoms with Crippen LogP contribution < -0.4 is 4.90 Å². The van der Waals surface area contributed by atoms with Gasteiger partial charge in [-0.05, 0) is 48.6 Å². The minimum absolute atomic E-state index is 0.0934. The molecule has 132 valence electrons. The van der Waals surface area contributed by atoms with Crippen molar-refractivity contribution in [3.63, 3.8) is 0 Å². The summed E-state index contributed by atoms with van der Waals surface area (Å²) in [5, 5.41) is 22.2. The molecule has 1 saturated heterocycles. The third-order valence-electron chi connectivity index (χ3n) is 5.17. The first-order valence-corrected chi connectivity index (χ1v) is 8.68. The number of anilines is 1. The fourth-order valence-electron chi connectivity index (χ4n) is 3.79. The van der Waals surface area contributed by atoms with Crippen molar-refractivity contribution in [1.82, 2.24) is 4.98 Å². The highest BCUT2D eigenvalue weighted by Crippen LogP contribution is 2.36. The topological polar surface area (TPSA) is 79.5 Å². The third-order valence-corrected chi connectivity index (χ3v) is 5.17. The maximum Gasteiger partial charge on any atom is 0.278 e. The number of fused-ring (bicyclic) bond motifs is 1. The van der Waals surface area contributed by atoms with Gasteiger partial charge in [-0.15, -0.1) is 0 Å². The van der Waals surface area contributed by atoms with E-state index >= 15 is 0 Å². The zero-order valence-electron chi connectivity index (χ0n) is 14.2. The molecule has 3 aromatic rings. The fraction of sp³-hybridized carbons (Fsp3) is 0.250. The first-order chi connectivity index (χ1) is 12.6. The summed E-state index contributed by atoms with van der Waals surface area (Å²) in [7, 11) is 0. The quantitative estimate of drug-likeness (QED) is 0.565. The molecule has 1 aromatic heterocycles. The van der Waals surface area contributed by atoms with Crippen molar-refractivity contribution in [3.8, 4) is 5.75 Å². The maximum atomic E-state index is 11.3. The van der Waals surface area contributed by atoms with Crippen LogP contribution in [-0.4, -0.2) is 28.1 Å². The average molecular weight is 349 g/mol. The highest BCUT2D eigenvalue weighted by molar-refractivity contribution is 5.99. The van der Waals surface area contributed by atoms with Crippen LogP contribution >= 0.6 is 0 Å². The summed E-state index contributed by atoms with van der Waals surface area (Å²) in [4.78, 5) is 17.3. The number of nitro groups is 1. The summed E-state index contributed by atoms with van der Waals surface area (Å²) >= 11 is 0. The molecule has 0 bridgehead atoms. The minimum atomic E-state index is -0.356. The van der Waals surface area contributed by atoms with Gasteiger partial charge >= 0.3 is 0 Å². The molecule has 1 N–H and O–H groups in total. The van der Waals surface area contributed by atoms with Crippen molar-refractivity contribution in [2.75, 3.05) is 18.0 Å². The summed E-state index contributed by atoms with van der Waals surface area (Å²) in [6, 6.07) is 12.7. The second-order valence-corrected chi connectivity index (χ2v) is 6.64. The van der Waals surface area contributed by atoms with E-state index in [1.807, 2.05) is 24.3 Å². The first kappa shape index (κ1) is 16.3. The molecule has 2 heterocycles. The van der Waals surface area contributed by atoms with Gasteiger partial charge in [0.15, 0.2) is 0 Å². The van der Waals surface area contributed by atoms with Crippen LogP contribution in [0.2, 0.25) is 0 Å². The number of phenolic OH excluding ortho intramolecular Hbond substituents is 1. The molecular weight excluding hydrogens is 330 g/mol. The molecule has 0 saturated carbocycles. The first-order valence-electron chi connectivity index (χ1n) is 8.68. The van der Waals surface area contributed by atoms with Crippen LogP contribution in [0.4, 0.5) is 11.4 Å². The Kier molecular flexibility index (Phi) is 4.16. The van der Waals surface area contributed by atoms with Crippen molar-refractivity contribution < 1.29 is 10.0 Å². The fourth-order valence-corrected chi connectivity index (χ4v) is 3.79. The second-order valence-electron chi connectivity index (χ2n) is 6.64. The van der Waals surface area contributed by atoms with E-state index in [-0.39, 0.29) is 16.4 Å². The van der Waals surface area contributed by atoms with Crippen LogP contribution in [0.5, 0.6) is 5.75 Å². The summed E-state index contributed by atoms with van der Waals surface area (Å²) < 4.78 is 0. The van der Waals surface area contributed by atoms with E-state index in [1.165, 1.54) is 5.56 Å². The van der Waals surface area contributed by atoms with Crippen LogP contribution in [-0.2, 0) is 0 Å². The van der Waals surface area contributed by atoms with Crippen molar-refractivity contribution in [2.45, 2.75) is 18.8 Å². The van der Waals surface area contributed by atoms with Gasteiger partial charge in [-0.25, -0.2) is 0 Å². The molecule has 4 rings (SSSR count). The van der Waals surface area contributed by atoms with E-state index in [0.29, 0.717) is 11.3 Å². The molecule has 26 heavy (non-hydrogen) atoms. The average Bonchev–Trinajstić information content (AvgIpc) is 2.68. The number of aromatic hydroxyl groups is 1. The van der Waals surface area contributed by atoms with Gasteiger partial charge in [0.2, 0.25) is 0 Å². The normalized spacial score (nSPS) is 15.3. The number of nitro benzene ring substituents is 1. The Bertz CT molecular complexity index is 948. The molecule has 0 aliphatic carbocycles. The van der Waals surface area contributed by atoms with E-state index in [4.69, 9.17) is 0 Å². The van der Waals surface area contributed by atoms with Crippen molar-refractivity contribution in [2.24, 2.45) is 0 Å². The Morgan fingerprint density at radius 2 is 1.77 bits per heavy atom. The zero-order valence-corrected chi connectivity index (χ0v) is 14.2. The van der Waals surface area contributed by atoms with Crippen LogP contribution in [0.3, 0.4) is 0 Å². The second kappa shape index (κ2) is 6.63. The summed E-state index contributed by atoms with van der Waals surface area (Å²) in [6.07, 6.45) is 5.27. The van der Waals surface area contributed by atoms with Crippen LogP contribution in [0, 0.1) is 10.1 Å². The number of rotatable bonds is 3. The smallest absolute Gasteiger partial charge is 0.278 e. The van der Waals surface area contributed by atoms with Gasteiger partial charge in [-0.2, -0.15) is 0 Å². The van der Waals surface area contributed by atoms with Gasteiger partial charge in [0.1, 0.15) is 5.75 Å². The third kappa shape index (κ3) is 2.94. The molecule has 1 aliphatic heterocycles. The molecular formula is C20H19N3O3. The van der Waals surface area contributed by atoms with Gasteiger partial charge in [0.25, 0.3) is 5.69 Å². The lowest BCUT2D eigenvalue weighted by atomic mass is 9.89. The molecule has 0 amide bonds. The number of hydrogen-bond donors (Lipinski definition) is 1.